The van der Waals surface area contributed by atoms with Crippen LogP contribution in [0.2, 0.25) is 0 Å². The molecular weight excluding hydrogens is 277 g/mol. The minimum Gasteiger partial charge on any atom is -0.481 e. The first-order valence-corrected chi connectivity index (χ1v) is 6.31. The van der Waals surface area contributed by atoms with Crippen molar-refractivity contribution in [3.63, 3.8) is 0 Å². The summed E-state index contributed by atoms with van der Waals surface area (Å²) in [5.74, 6) is -1.40. The average Bonchev–Trinajstić information content (AvgIpc) is 2.26. The number of carbonyl (C=O) groups is 2. The minimum atomic E-state index is -4.24. The number of nitrogens with zero attached hydrogens (tertiary/aromatic N) is 2. The van der Waals surface area contributed by atoms with Gasteiger partial charge in [0.2, 0.25) is 5.91 Å². The van der Waals surface area contributed by atoms with Crippen LogP contribution in [-0.4, -0.2) is 65.7 Å². The van der Waals surface area contributed by atoms with Crippen molar-refractivity contribution in [2.75, 3.05) is 32.7 Å². The molecule has 116 valence electrons. The molecule has 0 radical (unpaired) electrons. The van der Waals surface area contributed by atoms with Gasteiger partial charge >= 0.3 is 12.1 Å². The van der Waals surface area contributed by atoms with E-state index in [2.05, 4.69) is 0 Å². The molecule has 1 saturated heterocycles. The zero-order chi connectivity index (χ0) is 15.6. The summed E-state index contributed by atoms with van der Waals surface area (Å²) < 4.78 is 36.7. The molecular formula is C12H19F3N2O3. The first-order chi connectivity index (χ1) is 9.01. The maximum atomic E-state index is 12.2. The number of halogens is 3. The molecule has 0 atom stereocenters. The fourth-order valence-electron chi connectivity index (χ4n) is 1.97. The lowest BCUT2D eigenvalue weighted by Crippen LogP contribution is -2.51. The second-order valence-electron chi connectivity index (χ2n) is 5.64. The summed E-state index contributed by atoms with van der Waals surface area (Å²) >= 11 is 0. The summed E-state index contributed by atoms with van der Waals surface area (Å²) in [5, 5.41) is 8.95. The normalized spacial score (nSPS) is 18.1. The molecule has 0 aromatic rings. The third kappa shape index (κ3) is 4.99. The number of hydrogen-bond donors (Lipinski definition) is 1. The molecule has 5 nitrogen and oxygen atoms in total. The van der Waals surface area contributed by atoms with Gasteiger partial charge in [-0.25, -0.2) is 0 Å². The van der Waals surface area contributed by atoms with Crippen LogP contribution >= 0.6 is 0 Å². The zero-order valence-electron chi connectivity index (χ0n) is 11.5. The average molecular weight is 296 g/mol. The highest BCUT2D eigenvalue weighted by atomic mass is 19.4. The highest BCUT2D eigenvalue weighted by molar-refractivity contribution is 5.84. The van der Waals surface area contributed by atoms with E-state index in [0.717, 1.165) is 0 Å². The van der Waals surface area contributed by atoms with Crippen molar-refractivity contribution in [1.29, 1.82) is 0 Å². The SMILES string of the molecule is CC(C)(CC(=O)N1CCN(CC(F)(F)F)CC1)C(=O)O. The molecule has 0 bridgehead atoms. The topological polar surface area (TPSA) is 60.9 Å². The van der Waals surface area contributed by atoms with Crippen LogP contribution in [0.1, 0.15) is 20.3 Å². The van der Waals surface area contributed by atoms with Crippen LogP contribution < -0.4 is 0 Å². The van der Waals surface area contributed by atoms with Crippen LogP contribution in [0.5, 0.6) is 0 Å². The number of rotatable bonds is 4. The third-order valence-corrected chi connectivity index (χ3v) is 3.30. The third-order valence-electron chi connectivity index (χ3n) is 3.30. The van der Waals surface area contributed by atoms with Crippen LogP contribution in [0, 0.1) is 5.41 Å². The molecule has 1 heterocycles. The number of alkyl halides is 3. The lowest BCUT2D eigenvalue weighted by molar-refractivity contribution is -0.156. The van der Waals surface area contributed by atoms with E-state index < -0.39 is 24.1 Å². The molecule has 0 saturated carbocycles. The van der Waals surface area contributed by atoms with Gasteiger partial charge in [-0.1, -0.05) is 0 Å². The Labute approximate surface area is 115 Å². The molecule has 1 rings (SSSR count). The molecule has 0 unspecified atom stereocenters. The maximum Gasteiger partial charge on any atom is 0.401 e. The van der Waals surface area contributed by atoms with Crippen LogP contribution in [0.4, 0.5) is 13.2 Å². The van der Waals surface area contributed by atoms with Crippen molar-refractivity contribution in [2.24, 2.45) is 5.41 Å². The second-order valence-corrected chi connectivity index (χ2v) is 5.64. The van der Waals surface area contributed by atoms with Gasteiger partial charge in [0.05, 0.1) is 12.0 Å². The maximum absolute atomic E-state index is 12.2. The zero-order valence-corrected chi connectivity index (χ0v) is 11.5. The molecule has 1 fully saturated rings. The van der Waals surface area contributed by atoms with Crippen molar-refractivity contribution in [3.05, 3.63) is 0 Å². The van der Waals surface area contributed by atoms with Crippen molar-refractivity contribution in [3.8, 4) is 0 Å². The minimum absolute atomic E-state index is 0.151. The van der Waals surface area contributed by atoms with Crippen LogP contribution in [-0.2, 0) is 9.59 Å². The van der Waals surface area contributed by atoms with Gasteiger partial charge in [0.25, 0.3) is 0 Å². The lowest BCUT2D eigenvalue weighted by Gasteiger charge is -2.36. The van der Waals surface area contributed by atoms with E-state index in [1.165, 1.54) is 23.6 Å². The quantitative estimate of drug-likeness (QED) is 0.846. The van der Waals surface area contributed by atoms with Crippen molar-refractivity contribution in [2.45, 2.75) is 26.4 Å². The summed E-state index contributed by atoms with van der Waals surface area (Å²) in [5.41, 5.74) is -1.17. The molecule has 0 aromatic heterocycles. The molecule has 1 N–H and O–H groups in total. The first kappa shape index (κ1) is 16.7. The predicted molar refractivity (Wildman–Crippen MR) is 65.1 cm³/mol. The molecule has 1 amide bonds. The monoisotopic (exact) mass is 296 g/mol. The van der Waals surface area contributed by atoms with E-state index in [1.807, 2.05) is 0 Å². The highest BCUT2D eigenvalue weighted by Crippen LogP contribution is 2.23. The largest absolute Gasteiger partial charge is 0.481 e. The number of aliphatic carboxylic acids is 1. The predicted octanol–water partition coefficient (Wildman–Crippen LogP) is 1.19. The summed E-state index contributed by atoms with van der Waals surface area (Å²) in [4.78, 5) is 25.5. The van der Waals surface area contributed by atoms with Gasteiger partial charge in [-0.2, -0.15) is 13.2 Å². The smallest absolute Gasteiger partial charge is 0.401 e. The van der Waals surface area contributed by atoms with Gasteiger partial charge in [0, 0.05) is 32.6 Å². The van der Waals surface area contributed by atoms with E-state index in [9.17, 15) is 22.8 Å². The van der Waals surface area contributed by atoms with Gasteiger partial charge in [0.1, 0.15) is 0 Å². The number of carboxylic acids is 1. The number of carbonyl (C=O) groups excluding carboxylic acids is 1. The Hall–Kier alpha value is -1.31. The van der Waals surface area contributed by atoms with Gasteiger partial charge in [-0.05, 0) is 13.8 Å². The van der Waals surface area contributed by atoms with E-state index in [4.69, 9.17) is 5.11 Å². The van der Waals surface area contributed by atoms with Gasteiger partial charge < -0.3 is 10.0 Å². The summed E-state index contributed by atoms with van der Waals surface area (Å²) in [6.45, 7) is 2.63. The standard InChI is InChI=1S/C12H19F3N2O3/c1-11(2,10(19)20)7-9(18)17-5-3-16(4-6-17)8-12(13,14)15/h3-8H2,1-2H3,(H,19,20). The Morgan fingerprint density at radius 3 is 2.00 bits per heavy atom. The number of amides is 1. The molecule has 0 spiro atoms. The Balaban J connectivity index is 2.46. The molecule has 1 aliphatic rings. The van der Waals surface area contributed by atoms with E-state index in [1.54, 1.807) is 0 Å². The Kier molecular flexibility index (Phi) is 5.01. The van der Waals surface area contributed by atoms with Crippen LogP contribution in [0.25, 0.3) is 0 Å². The molecule has 8 heteroatoms. The highest BCUT2D eigenvalue weighted by Gasteiger charge is 2.35. The summed E-state index contributed by atoms with van der Waals surface area (Å²) in [6, 6.07) is 0. The van der Waals surface area contributed by atoms with Gasteiger partial charge in [0.15, 0.2) is 0 Å². The second kappa shape index (κ2) is 5.99. The summed E-state index contributed by atoms with van der Waals surface area (Å²) in [7, 11) is 0. The van der Waals surface area contributed by atoms with Crippen molar-refractivity contribution in [1.82, 2.24) is 9.80 Å². The van der Waals surface area contributed by atoms with E-state index in [-0.39, 0.29) is 38.5 Å². The first-order valence-electron chi connectivity index (χ1n) is 6.31. The number of carboxylic acid groups (broad SMARTS) is 1. The Morgan fingerprint density at radius 2 is 1.60 bits per heavy atom. The van der Waals surface area contributed by atoms with Crippen LogP contribution in [0.15, 0.2) is 0 Å². The molecule has 1 aliphatic heterocycles. The molecule has 0 aromatic carbocycles. The van der Waals surface area contributed by atoms with Crippen molar-refractivity contribution >= 4 is 11.9 Å². The number of piperazine rings is 1. The number of hydrogen-bond acceptors (Lipinski definition) is 3. The lowest BCUT2D eigenvalue weighted by atomic mass is 9.89. The molecule has 20 heavy (non-hydrogen) atoms. The van der Waals surface area contributed by atoms with Gasteiger partial charge in [-0.15, -0.1) is 0 Å². The Bertz CT molecular complexity index is 375. The van der Waals surface area contributed by atoms with E-state index in [0.29, 0.717) is 0 Å². The molecule has 0 aliphatic carbocycles. The van der Waals surface area contributed by atoms with E-state index >= 15 is 0 Å². The van der Waals surface area contributed by atoms with Gasteiger partial charge in [-0.3, -0.25) is 14.5 Å². The Morgan fingerprint density at radius 1 is 1.10 bits per heavy atom. The fourth-order valence-corrected chi connectivity index (χ4v) is 1.97. The summed E-state index contributed by atoms with van der Waals surface area (Å²) in [6.07, 6.45) is -4.39. The van der Waals surface area contributed by atoms with Crippen molar-refractivity contribution < 1.29 is 27.9 Å². The van der Waals surface area contributed by atoms with Crippen LogP contribution in [0.3, 0.4) is 0 Å². The fraction of sp³-hybridized carbons (Fsp3) is 0.833.